The van der Waals surface area contributed by atoms with Gasteiger partial charge in [0.05, 0.1) is 27.9 Å². The van der Waals surface area contributed by atoms with Crippen LogP contribution in [0.15, 0.2) is 409 Å². The second-order valence-corrected chi connectivity index (χ2v) is 30.5. The SMILES string of the molecule is c1ccc(-c2cc(-c3ccccc3)c(N3c4cc(-c5ccc6oc7ccccc7c6c5)ccc4B4c5ccc(-c6ccc7oc8ccccc8c7c6)cc5N(c5c(-c6ccccc6)cc(-c6ccccc6)cc5-c5ccccc5)c5cc(-c6ccc7c(c6)c6cccc8c9ccccc9n7c86)cc3c54)c(-c3ccccc3)c2)cc1. The van der Waals surface area contributed by atoms with Crippen molar-refractivity contribution in [3.63, 3.8) is 0 Å². The summed E-state index contributed by atoms with van der Waals surface area (Å²) in [7, 11) is 0. The van der Waals surface area contributed by atoms with Crippen molar-refractivity contribution in [3.05, 3.63) is 400 Å². The van der Waals surface area contributed by atoms with Crippen molar-refractivity contribution in [1.29, 1.82) is 0 Å². The first-order chi connectivity index (χ1) is 56.5. The maximum atomic E-state index is 6.58. The quantitative estimate of drug-likeness (QED) is 0.121. The molecule has 0 spiro atoms. The fourth-order valence-electron chi connectivity index (χ4n) is 19.1. The molecule has 0 fully saturated rings. The van der Waals surface area contributed by atoms with Crippen molar-refractivity contribution >= 4 is 139 Å². The lowest BCUT2D eigenvalue weighted by molar-refractivity contribution is 0.668. The Balaban J connectivity index is 0.873. The zero-order valence-corrected chi connectivity index (χ0v) is 61.8. The first-order valence-corrected chi connectivity index (χ1v) is 39.3. The van der Waals surface area contributed by atoms with Gasteiger partial charge in [0.1, 0.15) is 22.3 Å². The highest BCUT2D eigenvalue weighted by atomic mass is 16.3. The Bertz CT molecular complexity index is 7180. The Morgan fingerprint density at radius 1 is 0.193 bits per heavy atom. The van der Waals surface area contributed by atoms with Crippen molar-refractivity contribution in [2.24, 2.45) is 0 Å². The van der Waals surface area contributed by atoms with Crippen LogP contribution in [-0.2, 0) is 0 Å². The van der Waals surface area contributed by atoms with E-state index in [-0.39, 0.29) is 6.71 Å². The van der Waals surface area contributed by atoms with E-state index in [1.807, 2.05) is 0 Å². The molecule has 0 aliphatic carbocycles. The van der Waals surface area contributed by atoms with Gasteiger partial charge in [0.15, 0.2) is 0 Å². The van der Waals surface area contributed by atoms with E-state index in [1.54, 1.807) is 0 Å². The van der Waals surface area contributed by atoms with Crippen LogP contribution in [0.3, 0.4) is 0 Å². The van der Waals surface area contributed by atoms with Crippen molar-refractivity contribution in [1.82, 2.24) is 4.40 Å². The number of rotatable bonds is 11. The first kappa shape index (κ1) is 63.9. The largest absolute Gasteiger partial charge is 0.456 e. The molecule has 0 atom stereocenters. The van der Waals surface area contributed by atoms with Gasteiger partial charge in [0, 0.05) is 88.1 Å². The molecule has 0 unspecified atom stereocenters. The van der Waals surface area contributed by atoms with Crippen LogP contribution in [0, 0.1) is 0 Å². The van der Waals surface area contributed by atoms with Gasteiger partial charge in [-0.05, 0) is 197 Å². The molecule has 0 radical (unpaired) electrons. The third kappa shape index (κ3) is 9.87. The number of hydrogen-bond donors (Lipinski definition) is 0. The minimum atomic E-state index is -0.310. The van der Waals surface area contributed by atoms with E-state index in [9.17, 15) is 0 Å². The number of fused-ring (bicyclic) bond motifs is 16. The van der Waals surface area contributed by atoms with E-state index in [1.165, 1.54) is 54.5 Å². The van der Waals surface area contributed by atoms with E-state index < -0.39 is 0 Å². The van der Waals surface area contributed by atoms with Crippen molar-refractivity contribution in [2.75, 3.05) is 9.80 Å². The van der Waals surface area contributed by atoms with Crippen LogP contribution in [0.4, 0.5) is 34.1 Å². The average molecular weight is 1450 g/mol. The fraction of sp³-hybridized carbons (Fsp3) is 0. The smallest absolute Gasteiger partial charge is 0.252 e. The van der Waals surface area contributed by atoms with Gasteiger partial charge in [-0.15, -0.1) is 0 Å². The monoisotopic (exact) mass is 1450 g/mol. The molecule has 22 aromatic rings. The zero-order chi connectivity index (χ0) is 74.6. The molecule has 24 rings (SSSR count). The van der Waals surface area contributed by atoms with Crippen LogP contribution in [0.25, 0.3) is 182 Å². The van der Waals surface area contributed by atoms with Gasteiger partial charge in [-0.25, -0.2) is 0 Å². The molecule has 114 heavy (non-hydrogen) atoms. The van der Waals surface area contributed by atoms with Crippen molar-refractivity contribution in [3.8, 4) is 100 Å². The van der Waals surface area contributed by atoms with Crippen LogP contribution >= 0.6 is 0 Å². The van der Waals surface area contributed by atoms with Gasteiger partial charge in [0.2, 0.25) is 0 Å². The van der Waals surface area contributed by atoms with E-state index in [0.717, 1.165) is 178 Å². The molecule has 2 aliphatic heterocycles. The number of benzene rings is 18. The molecule has 0 bridgehead atoms. The predicted octanol–water partition coefficient (Wildman–Crippen LogP) is 27.7. The van der Waals surface area contributed by atoms with Crippen LogP contribution in [-0.4, -0.2) is 11.1 Å². The third-order valence-electron chi connectivity index (χ3n) is 24.3. The topological polar surface area (TPSA) is 37.2 Å². The highest BCUT2D eigenvalue weighted by Gasteiger charge is 2.46. The number of para-hydroxylation sites is 4. The number of anilines is 6. The Kier molecular flexibility index (Phi) is 14.2. The maximum Gasteiger partial charge on any atom is 0.252 e. The molecular formula is C108H66BN3O2. The van der Waals surface area contributed by atoms with Gasteiger partial charge in [-0.3, -0.25) is 0 Å². The van der Waals surface area contributed by atoms with Gasteiger partial charge in [-0.2, -0.15) is 0 Å². The summed E-state index contributed by atoms with van der Waals surface area (Å²) in [4.78, 5) is 5.40. The summed E-state index contributed by atoms with van der Waals surface area (Å²) in [6.07, 6.45) is 0. The normalized spacial score (nSPS) is 12.5. The zero-order valence-electron chi connectivity index (χ0n) is 61.8. The molecule has 6 heteroatoms. The Hall–Kier alpha value is -15.0. The Morgan fingerprint density at radius 2 is 0.509 bits per heavy atom. The molecule has 0 N–H and O–H groups in total. The molecular weight excluding hydrogens is 1380 g/mol. The highest BCUT2D eigenvalue weighted by Crippen LogP contribution is 2.57. The van der Waals surface area contributed by atoms with E-state index in [4.69, 9.17) is 8.83 Å². The lowest BCUT2D eigenvalue weighted by Gasteiger charge is -2.46. The number of hydrogen-bond acceptors (Lipinski definition) is 4. The summed E-state index contributed by atoms with van der Waals surface area (Å²) in [6, 6.07) is 149. The summed E-state index contributed by atoms with van der Waals surface area (Å²) >= 11 is 0. The van der Waals surface area contributed by atoms with Crippen LogP contribution in [0.2, 0.25) is 0 Å². The molecule has 0 saturated heterocycles. The molecule has 0 amide bonds. The summed E-state index contributed by atoms with van der Waals surface area (Å²) in [5.74, 6) is 0. The third-order valence-corrected chi connectivity index (χ3v) is 24.3. The minimum Gasteiger partial charge on any atom is -0.456 e. The maximum absolute atomic E-state index is 6.58. The number of nitrogens with zero attached hydrogens (tertiary/aromatic N) is 3. The van der Waals surface area contributed by atoms with Crippen molar-refractivity contribution in [2.45, 2.75) is 0 Å². The fourth-order valence-corrected chi connectivity index (χ4v) is 19.1. The van der Waals surface area contributed by atoms with Gasteiger partial charge >= 0.3 is 0 Å². The summed E-state index contributed by atoms with van der Waals surface area (Å²) in [5.41, 5.74) is 37.0. The summed E-state index contributed by atoms with van der Waals surface area (Å²) in [5, 5.41) is 9.29. The lowest BCUT2D eigenvalue weighted by Crippen LogP contribution is -2.61. The molecule has 6 heterocycles. The van der Waals surface area contributed by atoms with Gasteiger partial charge < -0.3 is 23.0 Å². The molecule has 0 saturated carbocycles. The Labute approximate surface area is 658 Å². The van der Waals surface area contributed by atoms with E-state index >= 15 is 0 Å². The number of aromatic nitrogens is 1. The van der Waals surface area contributed by atoms with Crippen LogP contribution in [0.5, 0.6) is 0 Å². The molecule has 528 valence electrons. The predicted molar refractivity (Wildman–Crippen MR) is 479 cm³/mol. The molecule has 2 aliphatic rings. The highest BCUT2D eigenvalue weighted by molar-refractivity contribution is 7.00. The standard InChI is InChI=1S/C108H66BN3O2/c1-7-26-67(27-8-1)78-59-86(69-30-11-3-12-31-69)107(87(60-78)70-32-13-4-14-33-70)111-97-63-76(73-49-54-103-91(57-73)82-39-20-23-44-101(82)113-103)46-51-93(97)109-94-52-47-77(74-50-55-104-92(58-74)83-40-21-24-45-102(83)114-104)64-98(94)112(108-88(71-34-15-5-16-35-71)61-79(68-28-9-2-10-29-68)62-89(108)72-36-17-6-18-37-72)100-66-80(65-99(111)105(100)109)75-48-53-96-90(56-75)85-42-25-41-84-81-38-19-22-43-95(81)110(96)106(84)85/h1-66H. The molecule has 4 aromatic heterocycles. The average Bonchev–Trinajstić information content (AvgIpc) is 0.993. The second kappa shape index (κ2) is 25.3. The van der Waals surface area contributed by atoms with E-state index in [0.29, 0.717) is 0 Å². The summed E-state index contributed by atoms with van der Waals surface area (Å²) < 4.78 is 15.7. The lowest BCUT2D eigenvalue weighted by atomic mass is 9.33. The van der Waals surface area contributed by atoms with Crippen molar-refractivity contribution < 1.29 is 8.83 Å². The van der Waals surface area contributed by atoms with Gasteiger partial charge in [-0.1, -0.05) is 297 Å². The van der Waals surface area contributed by atoms with Crippen LogP contribution in [0.1, 0.15) is 0 Å². The minimum absolute atomic E-state index is 0.310. The van der Waals surface area contributed by atoms with Gasteiger partial charge in [0.25, 0.3) is 6.71 Å². The van der Waals surface area contributed by atoms with E-state index in [2.05, 4.69) is 415 Å². The number of furan rings is 2. The summed E-state index contributed by atoms with van der Waals surface area (Å²) in [6.45, 7) is -0.310. The molecule has 18 aromatic carbocycles. The second-order valence-electron chi connectivity index (χ2n) is 30.5. The van der Waals surface area contributed by atoms with Crippen LogP contribution < -0.4 is 26.2 Å². The Morgan fingerprint density at radius 3 is 0.965 bits per heavy atom. The molecule has 5 nitrogen and oxygen atoms in total. The first-order valence-electron chi connectivity index (χ1n) is 39.3.